The van der Waals surface area contributed by atoms with E-state index in [9.17, 15) is 18.8 Å². The third kappa shape index (κ3) is 6.52. The fraction of sp³-hybridized carbons (Fsp3) is 0.348. The van der Waals surface area contributed by atoms with Crippen molar-refractivity contribution in [3.05, 3.63) is 70.5 Å². The van der Waals surface area contributed by atoms with Crippen LogP contribution in [0, 0.1) is 5.82 Å². The summed E-state index contributed by atoms with van der Waals surface area (Å²) in [6, 6.07) is 12.4. The maximum atomic E-state index is 13.1. The minimum absolute atomic E-state index is 0.00101. The van der Waals surface area contributed by atoms with Crippen LogP contribution < -0.4 is 10.6 Å². The molecule has 8 heteroatoms. The molecule has 1 unspecified atom stereocenters. The van der Waals surface area contributed by atoms with Gasteiger partial charge in [0, 0.05) is 32.5 Å². The molecular formula is C23H25ClFN3O3. The first kappa shape index (κ1) is 22.7. The minimum atomic E-state index is -0.657. The number of carbonyl (C=O) groups excluding carboxylic acids is 3. The number of benzene rings is 2. The zero-order valence-corrected chi connectivity index (χ0v) is 17.8. The zero-order chi connectivity index (χ0) is 22.2. The molecule has 1 heterocycles. The Morgan fingerprint density at radius 2 is 1.77 bits per heavy atom. The monoisotopic (exact) mass is 445 g/mol. The molecule has 2 aromatic carbocycles. The molecular weight excluding hydrogens is 421 g/mol. The Bertz CT molecular complexity index is 933. The van der Waals surface area contributed by atoms with E-state index in [0.717, 1.165) is 30.5 Å². The summed E-state index contributed by atoms with van der Waals surface area (Å²) < 4.78 is 13.1. The highest BCUT2D eigenvalue weighted by Crippen LogP contribution is 2.17. The van der Waals surface area contributed by atoms with Gasteiger partial charge >= 0.3 is 0 Å². The van der Waals surface area contributed by atoms with E-state index in [1.807, 2.05) is 30.3 Å². The van der Waals surface area contributed by atoms with Gasteiger partial charge in [-0.05, 0) is 36.6 Å². The summed E-state index contributed by atoms with van der Waals surface area (Å²) in [5, 5.41) is 5.41. The van der Waals surface area contributed by atoms with Crippen molar-refractivity contribution < 1.29 is 18.8 Å². The van der Waals surface area contributed by atoms with Crippen molar-refractivity contribution in [3.63, 3.8) is 0 Å². The van der Waals surface area contributed by atoms with E-state index in [4.69, 9.17) is 11.6 Å². The molecule has 2 N–H and O–H groups in total. The molecule has 0 aliphatic carbocycles. The highest BCUT2D eigenvalue weighted by Gasteiger charge is 2.28. The van der Waals surface area contributed by atoms with Crippen molar-refractivity contribution in [1.82, 2.24) is 15.5 Å². The lowest BCUT2D eigenvalue weighted by atomic mass is 10.0. The molecule has 1 aliphatic heterocycles. The van der Waals surface area contributed by atoms with E-state index in [2.05, 4.69) is 10.6 Å². The fourth-order valence-electron chi connectivity index (χ4n) is 3.53. The summed E-state index contributed by atoms with van der Waals surface area (Å²) in [7, 11) is 0. The van der Waals surface area contributed by atoms with Crippen LogP contribution in [-0.4, -0.2) is 48.3 Å². The lowest BCUT2D eigenvalue weighted by molar-refractivity contribution is -0.135. The summed E-state index contributed by atoms with van der Waals surface area (Å²) >= 11 is 5.89. The molecule has 3 amide bonds. The zero-order valence-electron chi connectivity index (χ0n) is 17.1. The first-order valence-electron chi connectivity index (χ1n) is 10.3. The Labute approximate surface area is 185 Å². The summed E-state index contributed by atoms with van der Waals surface area (Å²) in [5.74, 6) is -1.45. The van der Waals surface area contributed by atoms with E-state index in [1.165, 1.54) is 6.07 Å². The first-order chi connectivity index (χ1) is 14.9. The molecule has 31 heavy (non-hydrogen) atoms. The molecule has 0 aromatic heterocycles. The number of likely N-dealkylation sites (tertiary alicyclic amines) is 1. The molecule has 0 radical (unpaired) electrons. The Morgan fingerprint density at radius 1 is 1.06 bits per heavy atom. The molecule has 1 aliphatic rings. The molecule has 2 aromatic rings. The van der Waals surface area contributed by atoms with E-state index >= 15 is 0 Å². The van der Waals surface area contributed by atoms with Gasteiger partial charge in [0.2, 0.25) is 11.8 Å². The number of nitrogens with one attached hydrogen (secondary N) is 2. The third-order valence-corrected chi connectivity index (χ3v) is 5.46. The summed E-state index contributed by atoms with van der Waals surface area (Å²) in [6.45, 7) is 1.47. The number of rotatable bonds is 8. The van der Waals surface area contributed by atoms with Gasteiger partial charge in [-0.2, -0.15) is 0 Å². The van der Waals surface area contributed by atoms with Crippen LogP contribution in [0.2, 0.25) is 5.02 Å². The van der Waals surface area contributed by atoms with E-state index < -0.39 is 17.8 Å². The van der Waals surface area contributed by atoms with Gasteiger partial charge in [-0.15, -0.1) is 0 Å². The second-order valence-electron chi connectivity index (χ2n) is 7.47. The average Bonchev–Trinajstić information content (AvgIpc) is 3.28. The van der Waals surface area contributed by atoms with E-state index in [0.29, 0.717) is 19.5 Å². The van der Waals surface area contributed by atoms with Crippen molar-refractivity contribution in [2.24, 2.45) is 0 Å². The topological polar surface area (TPSA) is 78.5 Å². The smallest absolute Gasteiger partial charge is 0.252 e. The quantitative estimate of drug-likeness (QED) is 0.655. The summed E-state index contributed by atoms with van der Waals surface area (Å²) in [4.78, 5) is 39.4. The lowest BCUT2D eigenvalue weighted by Gasteiger charge is -2.24. The Hall–Kier alpha value is -2.93. The predicted octanol–water partition coefficient (Wildman–Crippen LogP) is 2.95. The van der Waals surface area contributed by atoms with Crippen molar-refractivity contribution in [3.8, 4) is 0 Å². The Kier molecular flexibility index (Phi) is 8.00. The molecule has 0 bridgehead atoms. The van der Waals surface area contributed by atoms with Gasteiger partial charge in [0.1, 0.15) is 11.9 Å². The number of halogens is 2. The van der Waals surface area contributed by atoms with Crippen LogP contribution in [0.3, 0.4) is 0 Å². The highest BCUT2D eigenvalue weighted by molar-refractivity contribution is 6.33. The number of hydrogen-bond donors (Lipinski definition) is 2. The van der Waals surface area contributed by atoms with Crippen molar-refractivity contribution in [2.45, 2.75) is 31.7 Å². The molecule has 6 nitrogen and oxygen atoms in total. The molecule has 3 rings (SSSR count). The first-order valence-corrected chi connectivity index (χ1v) is 10.7. The van der Waals surface area contributed by atoms with Gasteiger partial charge in [0.15, 0.2) is 0 Å². The average molecular weight is 446 g/mol. The number of nitrogens with zero attached hydrogens (tertiary/aromatic N) is 1. The molecule has 0 saturated carbocycles. The Morgan fingerprint density at radius 3 is 2.45 bits per heavy atom. The van der Waals surface area contributed by atoms with Crippen molar-refractivity contribution in [1.29, 1.82) is 0 Å². The standard InChI is InChI=1S/C23H25ClFN3O3/c24-19-15-17(25)8-9-18(19)22(30)26-11-10-21(29)27-20(14-16-6-2-1-3-7-16)23(31)28-12-4-5-13-28/h1-3,6-9,15,20H,4-5,10-14H2,(H,26,30)(H,27,29). The summed E-state index contributed by atoms with van der Waals surface area (Å²) in [6.07, 6.45) is 2.34. The molecule has 1 atom stereocenters. The number of hydrogen-bond acceptors (Lipinski definition) is 3. The van der Waals surface area contributed by atoms with Crippen LogP contribution in [0.5, 0.6) is 0 Å². The predicted molar refractivity (Wildman–Crippen MR) is 116 cm³/mol. The molecule has 164 valence electrons. The van der Waals surface area contributed by atoms with Crippen LogP contribution in [0.25, 0.3) is 0 Å². The van der Waals surface area contributed by atoms with Crippen molar-refractivity contribution >= 4 is 29.3 Å². The largest absolute Gasteiger partial charge is 0.351 e. The maximum Gasteiger partial charge on any atom is 0.252 e. The van der Waals surface area contributed by atoms with Gasteiger partial charge in [-0.25, -0.2) is 4.39 Å². The normalized spacial score (nSPS) is 14.2. The lowest BCUT2D eigenvalue weighted by Crippen LogP contribution is -2.49. The Balaban J connectivity index is 1.55. The van der Waals surface area contributed by atoms with Crippen LogP contribution >= 0.6 is 11.6 Å². The van der Waals surface area contributed by atoms with Crippen LogP contribution in [0.15, 0.2) is 48.5 Å². The summed E-state index contributed by atoms with van der Waals surface area (Å²) in [5.41, 5.74) is 1.09. The van der Waals surface area contributed by atoms with E-state index in [1.54, 1.807) is 4.90 Å². The van der Waals surface area contributed by atoms with Crippen LogP contribution in [-0.2, 0) is 16.0 Å². The van der Waals surface area contributed by atoms with Gasteiger partial charge in [-0.3, -0.25) is 14.4 Å². The van der Waals surface area contributed by atoms with E-state index in [-0.39, 0.29) is 35.4 Å². The molecule has 1 fully saturated rings. The fourth-order valence-corrected chi connectivity index (χ4v) is 3.79. The number of carbonyl (C=O) groups is 3. The second-order valence-corrected chi connectivity index (χ2v) is 7.88. The van der Waals surface area contributed by atoms with Crippen LogP contribution in [0.4, 0.5) is 4.39 Å². The van der Waals surface area contributed by atoms with Gasteiger partial charge < -0.3 is 15.5 Å². The van der Waals surface area contributed by atoms with Gasteiger partial charge in [-0.1, -0.05) is 41.9 Å². The molecule has 1 saturated heterocycles. The number of amides is 3. The van der Waals surface area contributed by atoms with Gasteiger partial charge in [0.25, 0.3) is 5.91 Å². The van der Waals surface area contributed by atoms with Gasteiger partial charge in [0.05, 0.1) is 10.6 Å². The molecule has 0 spiro atoms. The second kappa shape index (κ2) is 10.9. The SMILES string of the molecule is O=C(CCNC(=O)c1ccc(F)cc1Cl)NC(Cc1ccccc1)C(=O)N1CCCC1. The third-order valence-electron chi connectivity index (χ3n) is 5.15. The minimum Gasteiger partial charge on any atom is -0.351 e. The maximum absolute atomic E-state index is 13.1. The van der Waals surface area contributed by atoms with Crippen molar-refractivity contribution in [2.75, 3.05) is 19.6 Å². The van der Waals surface area contributed by atoms with Crippen LogP contribution in [0.1, 0.15) is 35.2 Å². The highest BCUT2D eigenvalue weighted by atomic mass is 35.5.